The van der Waals surface area contributed by atoms with E-state index in [0.717, 1.165) is 42.2 Å². The fraction of sp³-hybridized carbons (Fsp3) is 0.222. The fourth-order valence-electron chi connectivity index (χ4n) is 3.63. The number of anilines is 2. The summed E-state index contributed by atoms with van der Waals surface area (Å²) in [6.07, 6.45) is 1.07. The second-order valence-electron chi connectivity index (χ2n) is 5.92. The Balaban J connectivity index is 1.67. The van der Waals surface area contributed by atoms with E-state index >= 15 is 0 Å². The second kappa shape index (κ2) is 4.44. The molecule has 0 saturated heterocycles. The molecule has 2 aromatic carbocycles. The summed E-state index contributed by atoms with van der Waals surface area (Å²) in [5.41, 5.74) is 4.79. The van der Waals surface area contributed by atoms with Gasteiger partial charge in [-0.3, -0.25) is 0 Å². The van der Waals surface area contributed by atoms with E-state index in [0.29, 0.717) is 6.04 Å². The van der Waals surface area contributed by atoms with Crippen molar-refractivity contribution in [1.82, 2.24) is 9.97 Å². The Morgan fingerprint density at radius 1 is 0.955 bits per heavy atom. The van der Waals surface area contributed by atoms with Crippen molar-refractivity contribution >= 4 is 22.7 Å². The number of hydrogen-bond acceptors (Lipinski definition) is 4. The lowest BCUT2D eigenvalue weighted by molar-refractivity contribution is 0.582. The summed E-state index contributed by atoms with van der Waals surface area (Å²) in [5.74, 6) is 1.90. The normalized spacial score (nSPS) is 19.1. The van der Waals surface area contributed by atoms with Gasteiger partial charge in [0.1, 0.15) is 0 Å². The van der Waals surface area contributed by atoms with Crippen molar-refractivity contribution in [3.05, 3.63) is 59.7 Å². The number of nitrogens with one attached hydrogen (secondary N) is 1. The zero-order valence-electron chi connectivity index (χ0n) is 12.2. The van der Waals surface area contributed by atoms with Crippen molar-refractivity contribution in [2.75, 3.05) is 23.3 Å². The summed E-state index contributed by atoms with van der Waals surface area (Å²) in [4.78, 5) is 12.0. The molecule has 0 radical (unpaired) electrons. The standard InChI is InChI=1S/C18H16N4/c1-2-6-13-12(5-1)9-10-22-16(13)11-19-17-18(22)21-15-8-4-3-7-14(15)20-17/h1-8,16H,9-11H2,(H,19,20)/t16-/m1/s1. The van der Waals surface area contributed by atoms with Gasteiger partial charge < -0.3 is 10.2 Å². The van der Waals surface area contributed by atoms with Crippen LogP contribution in [0.1, 0.15) is 17.2 Å². The predicted octanol–water partition coefficient (Wildman–Crippen LogP) is 3.16. The van der Waals surface area contributed by atoms with Gasteiger partial charge in [0.15, 0.2) is 11.6 Å². The monoisotopic (exact) mass is 288 g/mol. The molecular weight excluding hydrogens is 272 g/mol. The Labute approximate surface area is 128 Å². The lowest BCUT2D eigenvalue weighted by atomic mass is 9.91. The molecule has 2 aliphatic heterocycles. The van der Waals surface area contributed by atoms with Gasteiger partial charge >= 0.3 is 0 Å². The van der Waals surface area contributed by atoms with Crippen molar-refractivity contribution in [2.24, 2.45) is 0 Å². The van der Waals surface area contributed by atoms with Crippen LogP contribution in [0.5, 0.6) is 0 Å². The third-order valence-electron chi connectivity index (χ3n) is 4.70. The van der Waals surface area contributed by atoms with Crippen LogP contribution >= 0.6 is 0 Å². The van der Waals surface area contributed by atoms with Crippen LogP contribution in [0, 0.1) is 0 Å². The molecule has 1 aromatic heterocycles. The third-order valence-corrected chi connectivity index (χ3v) is 4.70. The number of hydrogen-bond donors (Lipinski definition) is 1. The minimum absolute atomic E-state index is 0.355. The number of rotatable bonds is 0. The third kappa shape index (κ3) is 1.64. The summed E-state index contributed by atoms with van der Waals surface area (Å²) in [5, 5.41) is 3.48. The van der Waals surface area contributed by atoms with Crippen LogP contribution in [0.25, 0.3) is 11.0 Å². The SMILES string of the molecule is c1ccc2c(c1)CCN1c3nc4ccccc4nc3NC[C@H]21. The van der Waals surface area contributed by atoms with E-state index in [4.69, 9.17) is 9.97 Å². The zero-order chi connectivity index (χ0) is 14.5. The summed E-state index contributed by atoms with van der Waals surface area (Å²) in [6, 6.07) is 17.2. The molecule has 1 atom stereocenters. The molecule has 5 rings (SSSR count). The maximum Gasteiger partial charge on any atom is 0.172 e. The molecule has 3 heterocycles. The van der Waals surface area contributed by atoms with Gasteiger partial charge in [0.05, 0.1) is 17.1 Å². The number of nitrogens with zero attached hydrogens (tertiary/aromatic N) is 3. The van der Waals surface area contributed by atoms with Gasteiger partial charge in [-0.1, -0.05) is 36.4 Å². The molecule has 22 heavy (non-hydrogen) atoms. The van der Waals surface area contributed by atoms with E-state index < -0.39 is 0 Å². The van der Waals surface area contributed by atoms with Gasteiger partial charge in [-0.15, -0.1) is 0 Å². The highest BCUT2D eigenvalue weighted by Gasteiger charge is 2.33. The number of benzene rings is 2. The lowest BCUT2D eigenvalue weighted by Crippen LogP contribution is -2.43. The first-order chi connectivity index (χ1) is 10.9. The average Bonchev–Trinajstić information content (AvgIpc) is 2.59. The minimum Gasteiger partial charge on any atom is -0.365 e. The number of aromatic nitrogens is 2. The molecule has 2 aliphatic rings. The summed E-state index contributed by atoms with van der Waals surface area (Å²) in [6.45, 7) is 1.89. The van der Waals surface area contributed by atoms with Crippen molar-refractivity contribution in [2.45, 2.75) is 12.5 Å². The van der Waals surface area contributed by atoms with Gasteiger partial charge in [-0.05, 0) is 29.7 Å². The van der Waals surface area contributed by atoms with Crippen LogP contribution in [0.3, 0.4) is 0 Å². The molecule has 108 valence electrons. The van der Waals surface area contributed by atoms with Crippen molar-refractivity contribution in [3.8, 4) is 0 Å². The van der Waals surface area contributed by atoms with Crippen LogP contribution in [0.2, 0.25) is 0 Å². The van der Waals surface area contributed by atoms with Crippen molar-refractivity contribution < 1.29 is 0 Å². The topological polar surface area (TPSA) is 41.1 Å². The molecule has 0 amide bonds. The predicted molar refractivity (Wildman–Crippen MR) is 88.3 cm³/mol. The number of para-hydroxylation sites is 2. The van der Waals surface area contributed by atoms with E-state index in [1.165, 1.54) is 11.1 Å². The van der Waals surface area contributed by atoms with E-state index in [-0.39, 0.29) is 0 Å². The Bertz CT molecular complexity index is 874. The van der Waals surface area contributed by atoms with Gasteiger partial charge in [-0.25, -0.2) is 9.97 Å². The minimum atomic E-state index is 0.355. The maximum atomic E-state index is 4.87. The largest absolute Gasteiger partial charge is 0.365 e. The van der Waals surface area contributed by atoms with Gasteiger partial charge in [-0.2, -0.15) is 0 Å². The van der Waals surface area contributed by atoms with Crippen LogP contribution in [0.15, 0.2) is 48.5 Å². The van der Waals surface area contributed by atoms with E-state index in [9.17, 15) is 0 Å². The summed E-state index contributed by atoms with van der Waals surface area (Å²) >= 11 is 0. The van der Waals surface area contributed by atoms with Crippen LogP contribution in [-0.4, -0.2) is 23.1 Å². The molecule has 0 fully saturated rings. The molecule has 4 nitrogen and oxygen atoms in total. The van der Waals surface area contributed by atoms with Crippen LogP contribution in [-0.2, 0) is 6.42 Å². The fourth-order valence-corrected chi connectivity index (χ4v) is 3.63. The molecule has 0 aliphatic carbocycles. The maximum absolute atomic E-state index is 4.87. The van der Waals surface area contributed by atoms with Gasteiger partial charge in [0.2, 0.25) is 0 Å². The molecule has 1 N–H and O–H groups in total. The Morgan fingerprint density at radius 2 is 1.73 bits per heavy atom. The highest BCUT2D eigenvalue weighted by Crippen LogP contribution is 2.39. The molecule has 0 saturated carbocycles. The smallest absolute Gasteiger partial charge is 0.172 e. The molecule has 3 aromatic rings. The first kappa shape index (κ1) is 12.0. The number of fused-ring (bicyclic) bond motifs is 6. The molecule has 0 bridgehead atoms. The molecular formula is C18H16N4. The molecule has 4 heteroatoms. The molecule has 0 unspecified atom stereocenters. The van der Waals surface area contributed by atoms with E-state index in [2.05, 4.69) is 34.5 Å². The summed E-state index contributed by atoms with van der Waals surface area (Å²) in [7, 11) is 0. The van der Waals surface area contributed by atoms with Crippen LogP contribution < -0.4 is 10.2 Å². The highest BCUT2D eigenvalue weighted by atomic mass is 15.3. The Morgan fingerprint density at radius 3 is 2.64 bits per heavy atom. The average molecular weight is 288 g/mol. The zero-order valence-corrected chi connectivity index (χ0v) is 12.2. The van der Waals surface area contributed by atoms with Crippen molar-refractivity contribution in [3.63, 3.8) is 0 Å². The first-order valence-corrected chi connectivity index (χ1v) is 7.75. The second-order valence-corrected chi connectivity index (χ2v) is 5.92. The Hall–Kier alpha value is -2.62. The molecule has 0 spiro atoms. The van der Waals surface area contributed by atoms with E-state index in [1.54, 1.807) is 0 Å². The highest BCUT2D eigenvalue weighted by molar-refractivity contribution is 5.81. The Kier molecular flexibility index (Phi) is 2.41. The van der Waals surface area contributed by atoms with Gasteiger partial charge in [0.25, 0.3) is 0 Å². The van der Waals surface area contributed by atoms with Crippen molar-refractivity contribution in [1.29, 1.82) is 0 Å². The van der Waals surface area contributed by atoms with E-state index in [1.807, 2.05) is 24.3 Å². The quantitative estimate of drug-likeness (QED) is 0.690. The summed E-state index contributed by atoms with van der Waals surface area (Å²) < 4.78 is 0. The van der Waals surface area contributed by atoms with Gasteiger partial charge in [0, 0.05) is 13.1 Å². The van der Waals surface area contributed by atoms with Crippen LogP contribution in [0.4, 0.5) is 11.6 Å². The lowest BCUT2D eigenvalue weighted by Gasteiger charge is -2.42. The first-order valence-electron chi connectivity index (χ1n) is 7.75.